The van der Waals surface area contributed by atoms with E-state index in [-0.39, 0.29) is 0 Å². The van der Waals surface area contributed by atoms with Crippen molar-refractivity contribution in [3.63, 3.8) is 0 Å². The summed E-state index contributed by atoms with van der Waals surface area (Å²) >= 11 is 1.76. The van der Waals surface area contributed by atoms with E-state index in [1.54, 1.807) is 11.3 Å². The van der Waals surface area contributed by atoms with E-state index in [9.17, 15) is 0 Å². The Hall–Kier alpha value is -6.30. The van der Waals surface area contributed by atoms with Gasteiger partial charge in [-0.15, -0.1) is 11.3 Å². The lowest BCUT2D eigenvalue weighted by molar-refractivity contribution is 0.669. The minimum atomic E-state index is 0.655. The Morgan fingerprint density at radius 1 is 0.531 bits per heavy atom. The quantitative estimate of drug-likeness (QED) is 0.192. The maximum absolute atomic E-state index is 6.37. The Labute approximate surface area is 284 Å². The number of furan rings is 1. The SMILES string of the molecule is c1ccc(-c2nc(-n3c4ccc5ccccc5c4c4cccc(-c5ccc6c(c5)oc5ccccc56)c43)nc3c2sc2ccccc23)cc1. The van der Waals surface area contributed by atoms with E-state index in [2.05, 4.69) is 144 Å². The second-order valence-electron chi connectivity index (χ2n) is 12.5. The van der Waals surface area contributed by atoms with Gasteiger partial charge < -0.3 is 4.42 Å². The fourth-order valence-corrected chi connectivity index (χ4v) is 8.79. The molecule has 0 saturated carbocycles. The van der Waals surface area contributed by atoms with Gasteiger partial charge in [-0.25, -0.2) is 9.97 Å². The molecule has 5 heteroatoms. The second kappa shape index (κ2) is 10.1. The lowest BCUT2D eigenvalue weighted by atomic mass is 9.99. The Morgan fingerprint density at radius 2 is 1.29 bits per heavy atom. The van der Waals surface area contributed by atoms with Crippen LogP contribution in [0.15, 0.2) is 156 Å². The number of fused-ring (bicyclic) bond motifs is 11. The van der Waals surface area contributed by atoms with Gasteiger partial charge in [-0.1, -0.05) is 121 Å². The van der Waals surface area contributed by atoms with E-state index in [4.69, 9.17) is 14.4 Å². The van der Waals surface area contributed by atoms with Gasteiger partial charge in [-0.2, -0.15) is 0 Å². The Balaban J connectivity index is 1.29. The van der Waals surface area contributed by atoms with Gasteiger partial charge in [-0.05, 0) is 46.7 Å². The van der Waals surface area contributed by atoms with Gasteiger partial charge in [-0.3, -0.25) is 4.57 Å². The number of hydrogen-bond acceptors (Lipinski definition) is 4. The Kier molecular flexibility index (Phi) is 5.51. The molecule has 0 aliphatic rings. The fourth-order valence-electron chi connectivity index (χ4n) is 7.64. The molecule has 11 aromatic rings. The first kappa shape index (κ1) is 26.7. The van der Waals surface area contributed by atoms with E-state index in [1.807, 2.05) is 12.1 Å². The lowest BCUT2D eigenvalue weighted by Gasteiger charge is -2.12. The summed E-state index contributed by atoms with van der Waals surface area (Å²) in [5, 5.41) is 8.15. The maximum atomic E-state index is 6.37. The summed E-state index contributed by atoms with van der Waals surface area (Å²) in [5.74, 6) is 0.655. The Bertz CT molecular complexity index is 3110. The largest absolute Gasteiger partial charge is 0.456 e. The minimum absolute atomic E-state index is 0.655. The maximum Gasteiger partial charge on any atom is 0.235 e. The highest BCUT2D eigenvalue weighted by atomic mass is 32.1. The monoisotopic (exact) mass is 643 g/mol. The zero-order valence-corrected chi connectivity index (χ0v) is 26.9. The molecule has 0 fully saturated rings. The summed E-state index contributed by atoms with van der Waals surface area (Å²) in [5.41, 5.74) is 9.08. The van der Waals surface area contributed by atoms with Gasteiger partial charge in [0.15, 0.2) is 0 Å². The standard InChI is InChI=1S/C44H25N3OS/c1-2-12-27(13-3-1)40-43-41(33-16-7-9-20-38(33)49-43)46-44(45-40)47-35-24-22-26-11-4-5-14-29(26)39(35)34-18-10-17-30(42(34)47)28-21-23-32-31-15-6-8-19-36(31)48-37(32)25-28/h1-25H. The molecule has 7 aromatic carbocycles. The summed E-state index contributed by atoms with van der Waals surface area (Å²) < 4.78 is 11.0. The first-order valence-corrected chi connectivity index (χ1v) is 17.2. The third-order valence-electron chi connectivity index (χ3n) is 9.82. The van der Waals surface area contributed by atoms with Crippen molar-refractivity contribution in [2.75, 3.05) is 0 Å². The molecule has 4 heterocycles. The smallest absolute Gasteiger partial charge is 0.235 e. The van der Waals surface area contributed by atoms with Crippen LogP contribution in [0.4, 0.5) is 0 Å². The highest BCUT2D eigenvalue weighted by Crippen LogP contribution is 2.44. The predicted molar refractivity (Wildman–Crippen MR) is 205 cm³/mol. The predicted octanol–water partition coefficient (Wildman–Crippen LogP) is 12.3. The molecule has 11 rings (SSSR count). The summed E-state index contributed by atoms with van der Waals surface area (Å²) in [4.78, 5) is 10.9. The molecule has 4 nitrogen and oxygen atoms in total. The average molecular weight is 644 g/mol. The number of hydrogen-bond donors (Lipinski definition) is 0. The van der Waals surface area contributed by atoms with Crippen molar-refractivity contribution >= 4 is 86.2 Å². The van der Waals surface area contributed by atoms with Gasteiger partial charge >= 0.3 is 0 Å². The summed E-state index contributed by atoms with van der Waals surface area (Å²) in [7, 11) is 0. The number of para-hydroxylation sites is 2. The van der Waals surface area contributed by atoms with Crippen LogP contribution >= 0.6 is 11.3 Å². The van der Waals surface area contributed by atoms with Crippen molar-refractivity contribution in [3.05, 3.63) is 152 Å². The van der Waals surface area contributed by atoms with Crippen molar-refractivity contribution in [2.45, 2.75) is 0 Å². The van der Waals surface area contributed by atoms with E-state index in [0.717, 1.165) is 76.3 Å². The van der Waals surface area contributed by atoms with Crippen LogP contribution in [0.25, 0.3) is 103 Å². The summed E-state index contributed by atoms with van der Waals surface area (Å²) in [6, 6.07) is 53.5. The molecular weight excluding hydrogens is 619 g/mol. The molecule has 0 atom stereocenters. The number of nitrogens with zero attached hydrogens (tertiary/aromatic N) is 3. The molecule has 0 bridgehead atoms. The van der Waals surface area contributed by atoms with Crippen LogP contribution in [0.2, 0.25) is 0 Å². The Morgan fingerprint density at radius 3 is 2.20 bits per heavy atom. The number of rotatable bonds is 3. The lowest BCUT2D eigenvalue weighted by Crippen LogP contribution is -2.03. The van der Waals surface area contributed by atoms with Crippen LogP contribution in [0.5, 0.6) is 0 Å². The van der Waals surface area contributed by atoms with Gasteiger partial charge in [0, 0.05) is 42.8 Å². The first-order valence-electron chi connectivity index (χ1n) is 16.4. The molecule has 49 heavy (non-hydrogen) atoms. The topological polar surface area (TPSA) is 43.9 Å². The minimum Gasteiger partial charge on any atom is -0.456 e. The molecule has 0 radical (unpaired) electrons. The van der Waals surface area contributed by atoms with Gasteiger partial charge in [0.2, 0.25) is 5.95 Å². The van der Waals surface area contributed by atoms with Crippen molar-refractivity contribution in [1.29, 1.82) is 0 Å². The van der Waals surface area contributed by atoms with E-state index >= 15 is 0 Å². The van der Waals surface area contributed by atoms with Crippen LogP contribution < -0.4 is 0 Å². The summed E-state index contributed by atoms with van der Waals surface area (Å²) in [6.07, 6.45) is 0. The van der Waals surface area contributed by atoms with Crippen LogP contribution in [0.1, 0.15) is 0 Å². The van der Waals surface area contributed by atoms with E-state index in [1.165, 1.54) is 20.9 Å². The number of aromatic nitrogens is 3. The molecule has 0 aliphatic heterocycles. The molecule has 0 unspecified atom stereocenters. The molecule has 0 saturated heterocycles. The van der Waals surface area contributed by atoms with E-state index < -0.39 is 0 Å². The van der Waals surface area contributed by atoms with Crippen LogP contribution in [0, 0.1) is 0 Å². The van der Waals surface area contributed by atoms with Gasteiger partial charge in [0.1, 0.15) is 11.2 Å². The fraction of sp³-hybridized carbons (Fsp3) is 0. The van der Waals surface area contributed by atoms with Crippen LogP contribution in [-0.4, -0.2) is 14.5 Å². The molecule has 228 valence electrons. The van der Waals surface area contributed by atoms with Crippen molar-refractivity contribution in [3.8, 4) is 28.3 Å². The zero-order valence-electron chi connectivity index (χ0n) is 26.1. The van der Waals surface area contributed by atoms with Crippen LogP contribution in [-0.2, 0) is 0 Å². The highest BCUT2D eigenvalue weighted by Gasteiger charge is 2.23. The number of thiophene rings is 1. The third-order valence-corrected chi connectivity index (χ3v) is 11.0. The second-order valence-corrected chi connectivity index (χ2v) is 13.6. The first-order chi connectivity index (χ1) is 24.3. The molecule has 4 aromatic heterocycles. The van der Waals surface area contributed by atoms with Crippen molar-refractivity contribution in [2.24, 2.45) is 0 Å². The van der Waals surface area contributed by atoms with Crippen molar-refractivity contribution in [1.82, 2.24) is 14.5 Å². The average Bonchev–Trinajstić information content (AvgIpc) is 3.84. The van der Waals surface area contributed by atoms with Gasteiger partial charge in [0.25, 0.3) is 0 Å². The molecular formula is C44H25N3OS. The summed E-state index contributed by atoms with van der Waals surface area (Å²) in [6.45, 7) is 0. The highest BCUT2D eigenvalue weighted by molar-refractivity contribution is 7.26. The zero-order chi connectivity index (χ0) is 32.1. The third kappa shape index (κ3) is 3.85. The number of benzene rings is 7. The molecule has 0 aliphatic carbocycles. The molecule has 0 spiro atoms. The molecule has 0 N–H and O–H groups in total. The van der Waals surface area contributed by atoms with Crippen LogP contribution in [0.3, 0.4) is 0 Å². The van der Waals surface area contributed by atoms with E-state index in [0.29, 0.717) is 5.95 Å². The van der Waals surface area contributed by atoms with Crippen molar-refractivity contribution < 1.29 is 4.42 Å². The van der Waals surface area contributed by atoms with Gasteiger partial charge in [0.05, 0.1) is 26.9 Å². The normalized spacial score (nSPS) is 12.1. The molecule has 0 amide bonds.